The molecule has 15 heavy (non-hydrogen) atoms. The summed E-state index contributed by atoms with van der Waals surface area (Å²) >= 11 is 3.53. The quantitative estimate of drug-likeness (QED) is 0.835. The second kappa shape index (κ2) is 4.49. The normalized spacial score (nSPS) is 16.9. The Hall–Kier alpha value is -0.610. The van der Waals surface area contributed by atoms with Gasteiger partial charge in [-0.3, -0.25) is 0 Å². The average molecular weight is 270 g/mol. The summed E-state index contributed by atoms with van der Waals surface area (Å²) in [5.74, 6) is 1.86. The van der Waals surface area contributed by atoms with Crippen LogP contribution in [-0.2, 0) is 0 Å². The minimum absolute atomic E-state index is 0.786. The van der Waals surface area contributed by atoms with E-state index in [2.05, 4.69) is 44.8 Å². The van der Waals surface area contributed by atoms with Gasteiger partial charge in [-0.05, 0) is 42.2 Å². The summed E-state index contributed by atoms with van der Waals surface area (Å²) in [6.45, 7) is 3.41. The third-order valence-corrected chi connectivity index (χ3v) is 3.24. The fourth-order valence-electron chi connectivity index (χ4n) is 1.98. The predicted octanol–water partition coefficient (Wildman–Crippen LogP) is 1.84. The van der Waals surface area contributed by atoms with E-state index in [4.69, 9.17) is 0 Å². The van der Waals surface area contributed by atoms with Crippen LogP contribution in [0.1, 0.15) is 0 Å². The van der Waals surface area contributed by atoms with E-state index < -0.39 is 0 Å². The van der Waals surface area contributed by atoms with Crippen LogP contribution in [0.4, 0.5) is 5.82 Å². The van der Waals surface area contributed by atoms with Gasteiger partial charge in [0.2, 0.25) is 0 Å². The maximum atomic E-state index is 4.38. The molecular weight excluding hydrogens is 254 g/mol. The zero-order chi connectivity index (χ0) is 10.8. The fourth-order valence-corrected chi connectivity index (χ4v) is 2.49. The molecule has 0 atom stereocenters. The van der Waals surface area contributed by atoms with Crippen molar-refractivity contribution in [1.29, 1.82) is 0 Å². The van der Waals surface area contributed by atoms with Gasteiger partial charge >= 0.3 is 0 Å². The standard InChI is InChI=1S/C11H16BrN3/c1-14(2)6-9-7-15(8-9)11-10(12)4-3-5-13-11/h3-5,9H,6-8H2,1-2H3. The molecule has 1 fully saturated rings. The van der Waals surface area contributed by atoms with Gasteiger partial charge in [-0.2, -0.15) is 0 Å². The molecule has 1 aliphatic heterocycles. The number of hydrogen-bond acceptors (Lipinski definition) is 3. The Morgan fingerprint density at radius 3 is 2.87 bits per heavy atom. The molecule has 2 heterocycles. The highest BCUT2D eigenvalue weighted by atomic mass is 79.9. The van der Waals surface area contributed by atoms with Crippen LogP contribution in [0.15, 0.2) is 22.8 Å². The zero-order valence-corrected chi connectivity index (χ0v) is 10.7. The molecule has 2 rings (SSSR count). The minimum Gasteiger partial charge on any atom is -0.355 e. The number of pyridine rings is 1. The topological polar surface area (TPSA) is 19.4 Å². The van der Waals surface area contributed by atoms with E-state index in [1.165, 1.54) is 6.54 Å². The molecule has 0 spiro atoms. The molecule has 1 aromatic heterocycles. The Kier molecular flexibility index (Phi) is 3.26. The number of nitrogens with zero attached hydrogens (tertiary/aromatic N) is 3. The first-order valence-corrected chi connectivity index (χ1v) is 5.96. The van der Waals surface area contributed by atoms with E-state index in [1.54, 1.807) is 0 Å². The first-order chi connectivity index (χ1) is 7.16. The van der Waals surface area contributed by atoms with Gasteiger partial charge in [0.25, 0.3) is 0 Å². The largest absolute Gasteiger partial charge is 0.355 e. The number of rotatable bonds is 3. The molecule has 3 nitrogen and oxygen atoms in total. The molecule has 82 valence electrons. The van der Waals surface area contributed by atoms with Crippen molar-refractivity contribution in [2.45, 2.75) is 0 Å². The molecular formula is C11H16BrN3. The van der Waals surface area contributed by atoms with E-state index in [0.717, 1.165) is 29.3 Å². The zero-order valence-electron chi connectivity index (χ0n) is 9.15. The number of halogens is 1. The molecule has 0 aromatic carbocycles. The van der Waals surface area contributed by atoms with E-state index in [1.807, 2.05) is 18.3 Å². The minimum atomic E-state index is 0.786. The predicted molar refractivity (Wildman–Crippen MR) is 66.2 cm³/mol. The van der Waals surface area contributed by atoms with Gasteiger partial charge in [-0.15, -0.1) is 0 Å². The number of hydrogen-bond donors (Lipinski definition) is 0. The van der Waals surface area contributed by atoms with Crippen LogP contribution in [0.5, 0.6) is 0 Å². The molecule has 0 unspecified atom stereocenters. The molecule has 0 bridgehead atoms. The van der Waals surface area contributed by atoms with Crippen molar-refractivity contribution >= 4 is 21.7 Å². The highest BCUT2D eigenvalue weighted by Crippen LogP contribution is 2.29. The van der Waals surface area contributed by atoms with E-state index in [9.17, 15) is 0 Å². The summed E-state index contributed by atoms with van der Waals surface area (Å²) in [5, 5.41) is 0. The Morgan fingerprint density at radius 2 is 2.27 bits per heavy atom. The smallest absolute Gasteiger partial charge is 0.142 e. The highest BCUT2D eigenvalue weighted by Gasteiger charge is 2.28. The van der Waals surface area contributed by atoms with Gasteiger partial charge < -0.3 is 9.80 Å². The van der Waals surface area contributed by atoms with Crippen molar-refractivity contribution in [2.75, 3.05) is 38.6 Å². The van der Waals surface area contributed by atoms with Crippen LogP contribution in [0, 0.1) is 5.92 Å². The number of anilines is 1. The van der Waals surface area contributed by atoms with Gasteiger partial charge in [-0.1, -0.05) is 0 Å². The van der Waals surface area contributed by atoms with Crippen LogP contribution in [0.25, 0.3) is 0 Å². The van der Waals surface area contributed by atoms with Gasteiger partial charge in [0.05, 0.1) is 4.47 Å². The van der Waals surface area contributed by atoms with E-state index in [-0.39, 0.29) is 0 Å². The molecule has 0 amide bonds. The summed E-state index contributed by atoms with van der Waals surface area (Å²) in [6, 6.07) is 3.99. The highest BCUT2D eigenvalue weighted by molar-refractivity contribution is 9.10. The van der Waals surface area contributed by atoms with Crippen LogP contribution in [0.3, 0.4) is 0 Å². The van der Waals surface area contributed by atoms with Gasteiger partial charge in [-0.25, -0.2) is 4.98 Å². The Labute approximate surface area is 99.2 Å². The molecule has 0 saturated carbocycles. The van der Waals surface area contributed by atoms with E-state index in [0.29, 0.717) is 0 Å². The van der Waals surface area contributed by atoms with Crippen molar-refractivity contribution in [3.05, 3.63) is 22.8 Å². The van der Waals surface area contributed by atoms with Gasteiger partial charge in [0.1, 0.15) is 5.82 Å². The first-order valence-electron chi connectivity index (χ1n) is 5.17. The number of aromatic nitrogens is 1. The van der Waals surface area contributed by atoms with Gasteiger partial charge in [0.15, 0.2) is 0 Å². The molecule has 0 N–H and O–H groups in total. The second-order valence-corrected chi connectivity index (χ2v) is 5.20. The van der Waals surface area contributed by atoms with E-state index >= 15 is 0 Å². The summed E-state index contributed by atoms with van der Waals surface area (Å²) < 4.78 is 1.09. The maximum Gasteiger partial charge on any atom is 0.142 e. The molecule has 4 heteroatoms. The van der Waals surface area contributed by atoms with Crippen LogP contribution < -0.4 is 4.90 Å². The lowest BCUT2D eigenvalue weighted by atomic mass is 10.00. The summed E-state index contributed by atoms with van der Waals surface area (Å²) in [4.78, 5) is 8.94. The average Bonchev–Trinajstić information content (AvgIpc) is 2.12. The Morgan fingerprint density at radius 1 is 1.53 bits per heavy atom. The third kappa shape index (κ3) is 2.49. The van der Waals surface area contributed by atoms with Gasteiger partial charge in [0, 0.05) is 31.7 Å². The van der Waals surface area contributed by atoms with Crippen molar-refractivity contribution < 1.29 is 0 Å². The SMILES string of the molecule is CN(C)CC1CN(c2ncccc2Br)C1. The van der Waals surface area contributed by atoms with Crippen molar-refractivity contribution in [3.63, 3.8) is 0 Å². The third-order valence-electron chi connectivity index (χ3n) is 2.62. The van der Waals surface area contributed by atoms with Crippen molar-refractivity contribution in [2.24, 2.45) is 5.92 Å². The Balaban J connectivity index is 1.92. The van der Waals surface area contributed by atoms with Crippen molar-refractivity contribution in [1.82, 2.24) is 9.88 Å². The lowest BCUT2D eigenvalue weighted by Gasteiger charge is -2.41. The molecule has 1 saturated heterocycles. The summed E-state index contributed by atoms with van der Waals surface area (Å²) in [6.07, 6.45) is 1.85. The van der Waals surface area contributed by atoms with Crippen molar-refractivity contribution in [3.8, 4) is 0 Å². The molecule has 0 radical (unpaired) electrons. The maximum absolute atomic E-state index is 4.38. The van der Waals surface area contributed by atoms with Crippen LogP contribution in [-0.4, -0.2) is 43.6 Å². The summed E-state index contributed by atoms with van der Waals surface area (Å²) in [5.41, 5.74) is 0. The lowest BCUT2D eigenvalue weighted by molar-refractivity contribution is 0.282. The fraction of sp³-hybridized carbons (Fsp3) is 0.545. The monoisotopic (exact) mass is 269 g/mol. The summed E-state index contributed by atoms with van der Waals surface area (Å²) in [7, 11) is 4.25. The van der Waals surface area contributed by atoms with Crippen LogP contribution >= 0.6 is 15.9 Å². The lowest BCUT2D eigenvalue weighted by Crippen LogP contribution is -2.51. The molecule has 1 aromatic rings. The Bertz CT molecular complexity index is 334. The molecule has 0 aliphatic carbocycles. The first kappa shape index (κ1) is 10.9. The second-order valence-electron chi connectivity index (χ2n) is 4.34. The molecule has 1 aliphatic rings. The van der Waals surface area contributed by atoms with Crippen LogP contribution in [0.2, 0.25) is 0 Å².